The molecule has 0 amide bonds. The van der Waals surface area contributed by atoms with Crippen molar-refractivity contribution in [1.82, 2.24) is 0 Å². The molecule has 1 heteroatoms. The van der Waals surface area contributed by atoms with Crippen LogP contribution in [0.15, 0.2) is 36.4 Å². The van der Waals surface area contributed by atoms with E-state index >= 15 is 0 Å². The first-order valence-corrected chi connectivity index (χ1v) is 5.43. The monoisotopic (exact) mass is 202 g/mol. The van der Waals surface area contributed by atoms with E-state index in [9.17, 15) is 0 Å². The predicted octanol–water partition coefficient (Wildman–Crippen LogP) is 3.43. The van der Waals surface area contributed by atoms with Crippen LogP contribution in [0.5, 0.6) is 0 Å². The molecule has 2 rings (SSSR count). The third-order valence-electron chi connectivity index (χ3n) is 3.62. The fraction of sp³-hybridized carbons (Fsp3) is 0.429. The zero-order chi connectivity index (χ0) is 11.1. The summed E-state index contributed by atoms with van der Waals surface area (Å²) in [5, 5.41) is 0. The highest BCUT2D eigenvalue weighted by Crippen LogP contribution is 2.42. The minimum absolute atomic E-state index is 0.190. The van der Waals surface area contributed by atoms with Crippen molar-refractivity contribution in [2.24, 2.45) is 5.92 Å². The molecule has 1 aromatic carbocycles. The Morgan fingerprint density at radius 3 is 2.40 bits per heavy atom. The van der Waals surface area contributed by atoms with Crippen LogP contribution in [0.4, 0.5) is 0 Å². The molecule has 0 unspecified atom stereocenters. The van der Waals surface area contributed by atoms with E-state index in [0.717, 1.165) is 0 Å². The lowest BCUT2D eigenvalue weighted by Crippen LogP contribution is -2.27. The quantitative estimate of drug-likeness (QED) is 0.634. The molecule has 15 heavy (non-hydrogen) atoms. The van der Waals surface area contributed by atoms with Crippen molar-refractivity contribution in [1.29, 1.82) is 0 Å². The number of hydrogen-bond acceptors (Lipinski definition) is 1. The molecule has 1 heterocycles. The number of rotatable bonds is 1. The summed E-state index contributed by atoms with van der Waals surface area (Å²) in [6.45, 7) is 11.2. The second-order valence-electron chi connectivity index (χ2n) is 4.64. The van der Waals surface area contributed by atoms with Crippen LogP contribution >= 0.6 is 0 Å². The van der Waals surface area contributed by atoms with Gasteiger partial charge in [-0.15, -0.1) is 0 Å². The van der Waals surface area contributed by atoms with E-state index < -0.39 is 0 Å². The lowest BCUT2D eigenvalue weighted by atomic mass is 9.82. The Morgan fingerprint density at radius 1 is 1.33 bits per heavy atom. The van der Waals surface area contributed by atoms with E-state index in [0.29, 0.717) is 12.5 Å². The smallest absolute Gasteiger partial charge is 0.0970 e. The van der Waals surface area contributed by atoms with Crippen LogP contribution in [-0.4, -0.2) is 6.61 Å². The minimum Gasteiger partial charge on any atom is -0.366 e. The van der Waals surface area contributed by atoms with Gasteiger partial charge in [0.15, 0.2) is 0 Å². The Labute approximate surface area is 91.8 Å². The molecule has 0 spiro atoms. The zero-order valence-electron chi connectivity index (χ0n) is 9.71. The average molecular weight is 202 g/mol. The van der Waals surface area contributed by atoms with Gasteiger partial charge in [0.2, 0.25) is 0 Å². The minimum atomic E-state index is -0.190. The van der Waals surface area contributed by atoms with Crippen LogP contribution < -0.4 is 0 Å². The van der Waals surface area contributed by atoms with Gasteiger partial charge in [0.25, 0.3) is 0 Å². The van der Waals surface area contributed by atoms with Gasteiger partial charge in [-0.25, -0.2) is 0 Å². The first kappa shape index (κ1) is 10.4. The Kier molecular flexibility index (Phi) is 2.43. The largest absolute Gasteiger partial charge is 0.366 e. The topological polar surface area (TPSA) is 9.23 Å². The standard InChI is InChI=1S/C14H18O/c1-10-5-7-13(8-6-10)14(4)12(3)11(2)9-15-14/h5-8,12H,2,9H2,1,3-4H3/t12-,14-/m1/s1. The van der Waals surface area contributed by atoms with Gasteiger partial charge in [-0.05, 0) is 25.0 Å². The molecule has 0 N–H and O–H groups in total. The van der Waals surface area contributed by atoms with Crippen molar-refractivity contribution in [3.8, 4) is 0 Å². The van der Waals surface area contributed by atoms with E-state index in [1.807, 2.05) is 0 Å². The summed E-state index contributed by atoms with van der Waals surface area (Å²) in [5.41, 5.74) is 3.54. The van der Waals surface area contributed by atoms with Crippen LogP contribution in [0.2, 0.25) is 0 Å². The molecule has 1 aromatic rings. The van der Waals surface area contributed by atoms with Crippen LogP contribution in [-0.2, 0) is 10.3 Å². The summed E-state index contributed by atoms with van der Waals surface area (Å²) in [4.78, 5) is 0. The molecule has 0 aromatic heterocycles. The predicted molar refractivity (Wildman–Crippen MR) is 62.8 cm³/mol. The molecular weight excluding hydrogens is 184 g/mol. The van der Waals surface area contributed by atoms with E-state index in [1.54, 1.807) is 0 Å². The number of aryl methyl sites for hydroxylation is 1. The number of ether oxygens (including phenoxy) is 1. The average Bonchev–Trinajstić information content (AvgIpc) is 2.48. The number of hydrogen-bond donors (Lipinski definition) is 0. The Morgan fingerprint density at radius 2 is 1.93 bits per heavy atom. The van der Waals surface area contributed by atoms with Crippen LogP contribution in [0.3, 0.4) is 0 Å². The highest BCUT2D eigenvalue weighted by atomic mass is 16.5. The maximum Gasteiger partial charge on any atom is 0.0970 e. The van der Waals surface area contributed by atoms with Gasteiger partial charge in [0, 0.05) is 5.92 Å². The number of benzene rings is 1. The highest BCUT2D eigenvalue weighted by molar-refractivity contribution is 5.31. The van der Waals surface area contributed by atoms with E-state index in [2.05, 4.69) is 51.6 Å². The first-order valence-electron chi connectivity index (χ1n) is 5.43. The lowest BCUT2D eigenvalue weighted by Gasteiger charge is -2.28. The van der Waals surface area contributed by atoms with Gasteiger partial charge >= 0.3 is 0 Å². The molecular formula is C14H18O. The normalized spacial score (nSPS) is 30.9. The van der Waals surface area contributed by atoms with Crippen molar-refractivity contribution in [3.63, 3.8) is 0 Å². The van der Waals surface area contributed by atoms with Crippen molar-refractivity contribution >= 4 is 0 Å². The molecule has 2 atom stereocenters. The second-order valence-corrected chi connectivity index (χ2v) is 4.64. The van der Waals surface area contributed by atoms with Crippen molar-refractivity contribution in [2.45, 2.75) is 26.4 Å². The van der Waals surface area contributed by atoms with Crippen molar-refractivity contribution < 1.29 is 4.74 Å². The third-order valence-corrected chi connectivity index (χ3v) is 3.62. The molecule has 1 aliphatic heterocycles. The van der Waals surface area contributed by atoms with Gasteiger partial charge in [0.05, 0.1) is 12.2 Å². The van der Waals surface area contributed by atoms with Gasteiger partial charge in [-0.1, -0.05) is 43.3 Å². The Balaban J connectivity index is 2.38. The Bertz CT molecular complexity index is 377. The van der Waals surface area contributed by atoms with Gasteiger partial charge in [-0.2, -0.15) is 0 Å². The summed E-state index contributed by atoms with van der Waals surface area (Å²) in [5.74, 6) is 0.389. The third kappa shape index (κ3) is 1.61. The van der Waals surface area contributed by atoms with Gasteiger partial charge < -0.3 is 4.74 Å². The molecule has 0 bridgehead atoms. The van der Waals surface area contributed by atoms with Crippen LogP contribution in [0.1, 0.15) is 25.0 Å². The lowest BCUT2D eigenvalue weighted by molar-refractivity contribution is -0.00581. The van der Waals surface area contributed by atoms with E-state index in [-0.39, 0.29) is 5.60 Å². The van der Waals surface area contributed by atoms with Crippen LogP contribution in [0.25, 0.3) is 0 Å². The molecule has 0 radical (unpaired) electrons. The van der Waals surface area contributed by atoms with E-state index in [1.165, 1.54) is 16.7 Å². The molecule has 1 nitrogen and oxygen atoms in total. The molecule has 0 aliphatic carbocycles. The SMILES string of the molecule is C=C1CO[C@@](C)(c2ccc(C)cc2)[C@@H]1C. The van der Waals surface area contributed by atoms with Crippen molar-refractivity contribution in [2.75, 3.05) is 6.61 Å². The summed E-state index contributed by atoms with van der Waals surface area (Å²) < 4.78 is 5.89. The fourth-order valence-electron chi connectivity index (χ4n) is 2.10. The maximum absolute atomic E-state index is 5.89. The molecule has 1 aliphatic rings. The zero-order valence-corrected chi connectivity index (χ0v) is 9.71. The molecule has 1 saturated heterocycles. The molecule has 80 valence electrons. The first-order chi connectivity index (χ1) is 7.04. The maximum atomic E-state index is 5.89. The van der Waals surface area contributed by atoms with E-state index in [4.69, 9.17) is 4.74 Å². The molecule has 1 fully saturated rings. The van der Waals surface area contributed by atoms with Crippen molar-refractivity contribution in [3.05, 3.63) is 47.5 Å². The summed E-state index contributed by atoms with van der Waals surface area (Å²) in [6.07, 6.45) is 0. The van der Waals surface area contributed by atoms with Crippen LogP contribution in [0, 0.1) is 12.8 Å². The summed E-state index contributed by atoms with van der Waals surface area (Å²) in [7, 11) is 0. The summed E-state index contributed by atoms with van der Waals surface area (Å²) >= 11 is 0. The fourth-order valence-corrected chi connectivity index (χ4v) is 2.10. The Hall–Kier alpha value is -1.08. The highest BCUT2D eigenvalue weighted by Gasteiger charge is 2.40. The second kappa shape index (κ2) is 3.49. The van der Waals surface area contributed by atoms with Gasteiger partial charge in [-0.3, -0.25) is 0 Å². The summed E-state index contributed by atoms with van der Waals surface area (Å²) in [6, 6.07) is 8.59. The van der Waals surface area contributed by atoms with Gasteiger partial charge in [0.1, 0.15) is 0 Å². The molecule has 0 saturated carbocycles.